The van der Waals surface area contributed by atoms with Crippen LogP contribution in [-0.2, 0) is 14.8 Å². The van der Waals surface area contributed by atoms with Crippen LogP contribution in [0.15, 0.2) is 16.3 Å². The first kappa shape index (κ1) is 16.5. The van der Waals surface area contributed by atoms with Crippen LogP contribution in [-0.4, -0.2) is 38.3 Å². The maximum atomic E-state index is 12.6. The van der Waals surface area contributed by atoms with Gasteiger partial charge < -0.3 is 5.32 Å². The number of hydrogen-bond donors (Lipinski definition) is 1. The summed E-state index contributed by atoms with van der Waals surface area (Å²) in [5.41, 5.74) is 0. The van der Waals surface area contributed by atoms with E-state index in [-0.39, 0.29) is 18.4 Å². The Morgan fingerprint density at radius 2 is 2.24 bits per heavy atom. The standard InChI is InChI=1S/C14H22N2O3S2/c1-3-8-15-14(17)12-5-4-9-16(10-12)21(18,19)13-7-6-11(2)20-13/h6-7,12H,3-5,8-10H2,1-2H3,(H,15,17). The van der Waals surface area contributed by atoms with Crippen LogP contribution in [0.3, 0.4) is 0 Å². The van der Waals surface area contributed by atoms with E-state index in [2.05, 4.69) is 5.32 Å². The van der Waals surface area contributed by atoms with E-state index in [4.69, 9.17) is 0 Å². The van der Waals surface area contributed by atoms with Crippen molar-refractivity contribution in [3.05, 3.63) is 17.0 Å². The van der Waals surface area contributed by atoms with E-state index in [1.165, 1.54) is 15.6 Å². The molecule has 0 saturated carbocycles. The molecule has 5 nitrogen and oxygen atoms in total. The van der Waals surface area contributed by atoms with Gasteiger partial charge in [-0.25, -0.2) is 8.42 Å². The second-order valence-corrected chi connectivity index (χ2v) is 8.81. The van der Waals surface area contributed by atoms with Gasteiger partial charge in [-0.05, 0) is 38.3 Å². The molecule has 1 saturated heterocycles. The molecule has 7 heteroatoms. The van der Waals surface area contributed by atoms with Crippen LogP contribution in [0, 0.1) is 12.8 Å². The maximum absolute atomic E-state index is 12.6. The van der Waals surface area contributed by atoms with Crippen LogP contribution < -0.4 is 5.32 Å². The van der Waals surface area contributed by atoms with Gasteiger partial charge in [0.15, 0.2) is 0 Å². The number of nitrogens with one attached hydrogen (secondary N) is 1. The second-order valence-electron chi connectivity index (χ2n) is 5.36. The van der Waals surface area contributed by atoms with Crippen molar-refractivity contribution in [2.24, 2.45) is 5.92 Å². The van der Waals surface area contributed by atoms with Gasteiger partial charge in [0.2, 0.25) is 5.91 Å². The number of carbonyl (C=O) groups is 1. The molecular weight excluding hydrogens is 308 g/mol. The number of carbonyl (C=O) groups excluding carboxylic acids is 1. The fourth-order valence-corrected chi connectivity index (χ4v) is 5.41. The fourth-order valence-electron chi connectivity index (χ4n) is 2.45. The van der Waals surface area contributed by atoms with Crippen LogP contribution in [0.4, 0.5) is 0 Å². The van der Waals surface area contributed by atoms with Crippen molar-refractivity contribution >= 4 is 27.3 Å². The highest BCUT2D eigenvalue weighted by atomic mass is 32.2. The highest BCUT2D eigenvalue weighted by Gasteiger charge is 2.33. The molecule has 1 amide bonds. The number of nitrogens with zero attached hydrogens (tertiary/aromatic N) is 1. The summed E-state index contributed by atoms with van der Waals surface area (Å²) in [5.74, 6) is -0.264. The monoisotopic (exact) mass is 330 g/mol. The van der Waals surface area contributed by atoms with Crippen molar-refractivity contribution < 1.29 is 13.2 Å². The molecule has 1 aromatic rings. The van der Waals surface area contributed by atoms with Crippen molar-refractivity contribution in [1.29, 1.82) is 0 Å². The molecule has 1 aliphatic heterocycles. The molecule has 1 fully saturated rings. The number of thiophene rings is 1. The molecular formula is C14H22N2O3S2. The number of amides is 1. The minimum absolute atomic E-state index is 0.0286. The summed E-state index contributed by atoms with van der Waals surface area (Å²) in [6.07, 6.45) is 2.37. The SMILES string of the molecule is CCCNC(=O)C1CCCN(S(=O)(=O)c2ccc(C)s2)C1. The summed E-state index contributed by atoms with van der Waals surface area (Å²) >= 11 is 1.28. The van der Waals surface area contributed by atoms with Crippen LogP contribution in [0.1, 0.15) is 31.1 Å². The number of piperidine rings is 1. The molecule has 0 aromatic carbocycles. The zero-order chi connectivity index (χ0) is 15.5. The smallest absolute Gasteiger partial charge is 0.252 e. The molecule has 1 unspecified atom stereocenters. The molecule has 0 bridgehead atoms. The average Bonchev–Trinajstić information content (AvgIpc) is 2.92. The van der Waals surface area contributed by atoms with Crippen molar-refractivity contribution in [3.63, 3.8) is 0 Å². The van der Waals surface area contributed by atoms with Crippen LogP contribution in [0.5, 0.6) is 0 Å². The predicted octanol–water partition coefficient (Wildman–Crippen LogP) is 1.98. The van der Waals surface area contributed by atoms with Crippen molar-refractivity contribution in [2.75, 3.05) is 19.6 Å². The lowest BCUT2D eigenvalue weighted by molar-refractivity contribution is -0.126. The van der Waals surface area contributed by atoms with Gasteiger partial charge in [-0.3, -0.25) is 4.79 Å². The Labute approximate surface area is 130 Å². The number of rotatable bonds is 5. The van der Waals surface area contributed by atoms with E-state index in [0.29, 0.717) is 17.3 Å². The Morgan fingerprint density at radius 1 is 1.48 bits per heavy atom. The van der Waals surface area contributed by atoms with E-state index in [1.54, 1.807) is 6.07 Å². The zero-order valence-electron chi connectivity index (χ0n) is 12.5. The number of aryl methyl sites for hydroxylation is 1. The molecule has 1 aromatic heterocycles. The van der Waals surface area contributed by atoms with Gasteiger partial charge in [-0.2, -0.15) is 4.31 Å². The van der Waals surface area contributed by atoms with Gasteiger partial charge in [0.1, 0.15) is 4.21 Å². The summed E-state index contributed by atoms with van der Waals surface area (Å²) in [6, 6.07) is 3.46. The van der Waals surface area contributed by atoms with Crippen LogP contribution in [0.25, 0.3) is 0 Å². The van der Waals surface area contributed by atoms with Gasteiger partial charge in [0.25, 0.3) is 10.0 Å². The first-order chi connectivity index (χ1) is 9.95. The van der Waals surface area contributed by atoms with E-state index in [9.17, 15) is 13.2 Å². The Kier molecular flexibility index (Phi) is 5.40. The minimum Gasteiger partial charge on any atom is -0.356 e. The first-order valence-corrected chi connectivity index (χ1v) is 9.55. The number of hydrogen-bond acceptors (Lipinski definition) is 4. The lowest BCUT2D eigenvalue weighted by Gasteiger charge is -2.30. The molecule has 2 rings (SSSR count). The summed E-state index contributed by atoms with van der Waals surface area (Å²) in [4.78, 5) is 13.0. The summed E-state index contributed by atoms with van der Waals surface area (Å²) in [7, 11) is -3.46. The van der Waals surface area contributed by atoms with Crippen molar-refractivity contribution in [3.8, 4) is 0 Å². The Balaban J connectivity index is 2.08. The topological polar surface area (TPSA) is 66.5 Å². The third-order valence-corrected chi connectivity index (χ3v) is 6.95. The van der Waals surface area contributed by atoms with Crippen LogP contribution >= 0.6 is 11.3 Å². The Bertz CT molecular complexity index is 595. The summed E-state index contributed by atoms with van der Waals surface area (Å²) < 4.78 is 27.0. The molecule has 1 N–H and O–H groups in total. The van der Waals surface area contributed by atoms with Crippen LogP contribution in [0.2, 0.25) is 0 Å². The molecule has 21 heavy (non-hydrogen) atoms. The maximum Gasteiger partial charge on any atom is 0.252 e. The molecule has 2 heterocycles. The predicted molar refractivity (Wildman–Crippen MR) is 83.8 cm³/mol. The molecule has 118 valence electrons. The van der Waals surface area contributed by atoms with E-state index in [0.717, 1.165) is 24.1 Å². The molecule has 0 aliphatic carbocycles. The summed E-state index contributed by atoms with van der Waals surface area (Å²) in [5, 5.41) is 2.86. The lowest BCUT2D eigenvalue weighted by Crippen LogP contribution is -2.45. The quantitative estimate of drug-likeness (QED) is 0.898. The largest absolute Gasteiger partial charge is 0.356 e. The normalized spacial score (nSPS) is 20.4. The minimum atomic E-state index is -3.46. The van der Waals surface area contributed by atoms with Crippen molar-refractivity contribution in [2.45, 2.75) is 37.3 Å². The van der Waals surface area contributed by atoms with Crippen molar-refractivity contribution in [1.82, 2.24) is 9.62 Å². The highest BCUT2D eigenvalue weighted by Crippen LogP contribution is 2.28. The number of sulfonamides is 1. The average molecular weight is 330 g/mol. The zero-order valence-corrected chi connectivity index (χ0v) is 14.1. The Morgan fingerprint density at radius 3 is 2.86 bits per heavy atom. The summed E-state index contributed by atoms with van der Waals surface area (Å²) in [6.45, 7) is 5.32. The van der Waals surface area contributed by atoms with Gasteiger partial charge in [-0.1, -0.05) is 6.92 Å². The second kappa shape index (κ2) is 6.89. The van der Waals surface area contributed by atoms with Gasteiger partial charge in [-0.15, -0.1) is 11.3 Å². The molecule has 0 radical (unpaired) electrons. The highest BCUT2D eigenvalue weighted by molar-refractivity contribution is 7.91. The molecule has 1 atom stereocenters. The third-order valence-electron chi connectivity index (χ3n) is 3.61. The van der Waals surface area contributed by atoms with Gasteiger partial charge >= 0.3 is 0 Å². The molecule has 0 spiro atoms. The lowest BCUT2D eigenvalue weighted by atomic mass is 9.99. The van der Waals surface area contributed by atoms with E-state index < -0.39 is 10.0 Å². The third kappa shape index (κ3) is 3.84. The van der Waals surface area contributed by atoms with E-state index >= 15 is 0 Å². The molecule has 1 aliphatic rings. The van der Waals surface area contributed by atoms with Gasteiger partial charge in [0, 0.05) is 24.5 Å². The first-order valence-electron chi connectivity index (χ1n) is 7.29. The Hall–Kier alpha value is -0.920. The van der Waals surface area contributed by atoms with E-state index in [1.807, 2.05) is 19.9 Å². The van der Waals surface area contributed by atoms with Gasteiger partial charge in [0.05, 0.1) is 5.92 Å². The fraction of sp³-hybridized carbons (Fsp3) is 0.643.